The molecule has 20 heavy (non-hydrogen) atoms. The third-order valence-corrected chi connectivity index (χ3v) is 3.82. The maximum absolute atomic E-state index is 12.7. The fraction of sp³-hybridized carbons (Fsp3) is 0.417. The van der Waals surface area contributed by atoms with Gasteiger partial charge < -0.3 is 0 Å². The first-order valence-corrected chi connectivity index (χ1v) is 7.51. The summed E-state index contributed by atoms with van der Waals surface area (Å²) in [6.45, 7) is 0.139. The van der Waals surface area contributed by atoms with E-state index in [1.165, 1.54) is 17.1 Å². The molecular formula is C12H18FN3O3S. The Morgan fingerprint density at radius 3 is 2.40 bits per heavy atom. The van der Waals surface area contributed by atoms with Gasteiger partial charge in [0.1, 0.15) is 5.82 Å². The van der Waals surface area contributed by atoms with Crippen molar-refractivity contribution in [1.29, 1.82) is 0 Å². The van der Waals surface area contributed by atoms with Crippen LogP contribution in [0.1, 0.15) is 12.8 Å². The van der Waals surface area contributed by atoms with E-state index < -0.39 is 15.8 Å². The molecule has 1 aromatic rings. The molecule has 2 N–H and O–H groups in total. The molecule has 0 saturated carbocycles. The molecule has 0 saturated heterocycles. The highest BCUT2D eigenvalue weighted by molar-refractivity contribution is 7.89. The molecule has 0 unspecified atom stereocenters. The van der Waals surface area contributed by atoms with Crippen LogP contribution in [0.15, 0.2) is 29.2 Å². The number of carbonyl (C=O) groups is 1. The maximum Gasteiger partial charge on any atom is 0.240 e. The number of nitrogens with zero attached hydrogens (tertiary/aromatic N) is 1. The van der Waals surface area contributed by atoms with Crippen molar-refractivity contribution in [2.24, 2.45) is 0 Å². The van der Waals surface area contributed by atoms with E-state index in [1.807, 2.05) is 0 Å². The number of hydrogen-bond donors (Lipinski definition) is 2. The van der Waals surface area contributed by atoms with E-state index in [-0.39, 0.29) is 23.8 Å². The summed E-state index contributed by atoms with van der Waals surface area (Å²) >= 11 is 0. The first-order chi connectivity index (χ1) is 9.31. The topological polar surface area (TPSA) is 78.5 Å². The van der Waals surface area contributed by atoms with Gasteiger partial charge >= 0.3 is 0 Å². The summed E-state index contributed by atoms with van der Waals surface area (Å²) in [5.74, 6) is -0.680. The second-order valence-electron chi connectivity index (χ2n) is 4.38. The van der Waals surface area contributed by atoms with Gasteiger partial charge in [-0.3, -0.25) is 10.2 Å². The van der Waals surface area contributed by atoms with Gasteiger partial charge in [-0.2, -0.15) is 0 Å². The summed E-state index contributed by atoms with van der Waals surface area (Å²) in [4.78, 5) is 11.3. The summed E-state index contributed by atoms with van der Waals surface area (Å²) < 4.78 is 38.7. The number of benzene rings is 1. The number of sulfonamides is 1. The summed E-state index contributed by atoms with van der Waals surface area (Å²) in [6, 6.07) is 4.55. The van der Waals surface area contributed by atoms with Gasteiger partial charge in [-0.1, -0.05) is 0 Å². The van der Waals surface area contributed by atoms with E-state index >= 15 is 0 Å². The van der Waals surface area contributed by atoms with Crippen LogP contribution in [0.25, 0.3) is 0 Å². The molecule has 0 radical (unpaired) electrons. The highest BCUT2D eigenvalue weighted by Crippen LogP contribution is 2.09. The Morgan fingerprint density at radius 2 is 1.85 bits per heavy atom. The summed E-state index contributed by atoms with van der Waals surface area (Å²) in [5.41, 5.74) is 2.55. The number of carbonyl (C=O) groups excluding carboxylic acids is 1. The first kappa shape index (κ1) is 16.5. The predicted molar refractivity (Wildman–Crippen MR) is 72.7 cm³/mol. The van der Waals surface area contributed by atoms with Crippen LogP contribution in [-0.2, 0) is 14.8 Å². The van der Waals surface area contributed by atoms with Crippen LogP contribution < -0.4 is 10.1 Å². The molecule has 0 bridgehead atoms. The molecule has 0 aliphatic carbocycles. The fourth-order valence-electron chi connectivity index (χ4n) is 1.46. The monoisotopic (exact) mass is 303 g/mol. The Balaban J connectivity index is 2.41. The minimum atomic E-state index is -3.66. The zero-order chi connectivity index (χ0) is 15.2. The van der Waals surface area contributed by atoms with Crippen LogP contribution in [0.5, 0.6) is 0 Å². The Morgan fingerprint density at radius 1 is 1.25 bits per heavy atom. The molecule has 1 rings (SSSR count). The SMILES string of the molecule is CN(C)NC(=O)CCCNS(=O)(=O)c1ccc(F)cc1. The number of nitrogens with one attached hydrogen (secondary N) is 2. The summed E-state index contributed by atoms with van der Waals surface area (Å²) in [7, 11) is -0.278. The van der Waals surface area contributed by atoms with Crippen molar-refractivity contribution in [3.63, 3.8) is 0 Å². The Bertz CT molecular complexity index is 544. The minimum absolute atomic E-state index is 0.00311. The fourth-order valence-corrected chi connectivity index (χ4v) is 2.53. The van der Waals surface area contributed by atoms with Gasteiger partial charge in [-0.25, -0.2) is 22.5 Å². The third kappa shape index (κ3) is 5.64. The lowest BCUT2D eigenvalue weighted by atomic mass is 10.3. The number of hydrazine groups is 1. The molecule has 0 aliphatic rings. The lowest BCUT2D eigenvalue weighted by Gasteiger charge is -2.11. The second-order valence-corrected chi connectivity index (χ2v) is 6.15. The van der Waals surface area contributed by atoms with E-state index in [9.17, 15) is 17.6 Å². The summed E-state index contributed by atoms with van der Waals surface area (Å²) in [5, 5.41) is 1.52. The number of hydrogen-bond acceptors (Lipinski definition) is 4. The van der Waals surface area contributed by atoms with Crippen LogP contribution in [0, 0.1) is 5.82 Å². The predicted octanol–water partition coefficient (Wildman–Crippen LogP) is 0.477. The normalized spacial score (nSPS) is 11.6. The number of amides is 1. The number of rotatable bonds is 7. The largest absolute Gasteiger partial charge is 0.289 e. The van der Waals surface area contributed by atoms with Gasteiger partial charge in [0, 0.05) is 27.1 Å². The van der Waals surface area contributed by atoms with Gasteiger partial charge in [-0.05, 0) is 30.7 Å². The molecule has 0 fully saturated rings. The molecule has 112 valence electrons. The van der Waals surface area contributed by atoms with Crippen LogP contribution in [0.3, 0.4) is 0 Å². The number of halogens is 1. The average Bonchev–Trinajstić information content (AvgIpc) is 2.34. The van der Waals surface area contributed by atoms with Crippen molar-refractivity contribution in [3.8, 4) is 0 Å². The first-order valence-electron chi connectivity index (χ1n) is 6.03. The van der Waals surface area contributed by atoms with Gasteiger partial charge in [0.2, 0.25) is 15.9 Å². The smallest absolute Gasteiger partial charge is 0.240 e. The van der Waals surface area contributed by atoms with Gasteiger partial charge in [0.25, 0.3) is 0 Å². The molecule has 0 spiro atoms. The van der Waals surface area contributed by atoms with Crippen LogP contribution >= 0.6 is 0 Å². The van der Waals surface area contributed by atoms with Crippen molar-refractivity contribution in [2.45, 2.75) is 17.7 Å². The standard InChI is InChI=1S/C12H18FN3O3S/c1-16(2)15-12(17)4-3-9-14-20(18,19)11-7-5-10(13)6-8-11/h5-8,14H,3-4,9H2,1-2H3,(H,15,17). The molecule has 8 heteroatoms. The van der Waals surface area contributed by atoms with E-state index in [2.05, 4.69) is 10.1 Å². The molecule has 0 aromatic heterocycles. The highest BCUT2D eigenvalue weighted by Gasteiger charge is 2.13. The Kier molecular flexibility index (Phi) is 6.05. The Labute approximate surface area is 118 Å². The molecule has 0 atom stereocenters. The van der Waals surface area contributed by atoms with E-state index in [1.54, 1.807) is 14.1 Å². The van der Waals surface area contributed by atoms with E-state index in [0.29, 0.717) is 6.42 Å². The van der Waals surface area contributed by atoms with Crippen molar-refractivity contribution in [2.75, 3.05) is 20.6 Å². The average molecular weight is 303 g/mol. The lowest BCUT2D eigenvalue weighted by Crippen LogP contribution is -2.36. The second kappa shape index (κ2) is 7.32. The Hall–Kier alpha value is -1.51. The van der Waals surface area contributed by atoms with Gasteiger partial charge in [0.15, 0.2) is 0 Å². The van der Waals surface area contributed by atoms with E-state index in [0.717, 1.165) is 12.1 Å². The highest BCUT2D eigenvalue weighted by atomic mass is 32.2. The minimum Gasteiger partial charge on any atom is -0.289 e. The van der Waals surface area contributed by atoms with Crippen molar-refractivity contribution in [1.82, 2.24) is 15.2 Å². The third-order valence-electron chi connectivity index (χ3n) is 2.34. The van der Waals surface area contributed by atoms with Crippen LogP contribution in [-0.4, -0.2) is 40.0 Å². The molecule has 0 aliphatic heterocycles. The lowest BCUT2D eigenvalue weighted by molar-refractivity contribution is -0.124. The van der Waals surface area contributed by atoms with Gasteiger partial charge in [0.05, 0.1) is 4.90 Å². The zero-order valence-corrected chi connectivity index (χ0v) is 12.2. The molecule has 1 amide bonds. The molecule has 0 heterocycles. The molecular weight excluding hydrogens is 285 g/mol. The maximum atomic E-state index is 12.7. The van der Waals surface area contributed by atoms with Gasteiger partial charge in [-0.15, -0.1) is 0 Å². The van der Waals surface area contributed by atoms with E-state index in [4.69, 9.17) is 0 Å². The van der Waals surface area contributed by atoms with Crippen LogP contribution in [0.4, 0.5) is 4.39 Å². The quantitative estimate of drug-likeness (QED) is 0.567. The van der Waals surface area contributed by atoms with Crippen molar-refractivity contribution < 1.29 is 17.6 Å². The zero-order valence-electron chi connectivity index (χ0n) is 11.4. The van der Waals surface area contributed by atoms with Crippen molar-refractivity contribution >= 4 is 15.9 Å². The van der Waals surface area contributed by atoms with Crippen molar-refractivity contribution in [3.05, 3.63) is 30.1 Å². The molecule has 6 nitrogen and oxygen atoms in total. The molecule has 1 aromatic carbocycles. The summed E-state index contributed by atoms with van der Waals surface area (Å²) in [6.07, 6.45) is 0.588. The van der Waals surface area contributed by atoms with Crippen LogP contribution in [0.2, 0.25) is 0 Å².